The van der Waals surface area contributed by atoms with Crippen LogP contribution in [0.2, 0.25) is 0 Å². The number of carbonyl (C=O) groups excluding carboxylic acids is 2. The highest BCUT2D eigenvalue weighted by molar-refractivity contribution is 5.96. The first-order chi connectivity index (χ1) is 18.8. The van der Waals surface area contributed by atoms with Gasteiger partial charge in [-0.05, 0) is 41.0 Å². The number of benzene rings is 3. The molecule has 0 aromatic heterocycles. The third kappa shape index (κ3) is 6.53. The molecule has 1 N–H and O–H groups in total. The minimum absolute atomic E-state index is 0.0255. The summed E-state index contributed by atoms with van der Waals surface area (Å²) in [6.45, 7) is -1.42. The molecule has 5 nitrogen and oxygen atoms in total. The Morgan fingerprint density at radius 2 is 1.40 bits per heavy atom. The molecule has 210 valence electrons. The van der Waals surface area contributed by atoms with Crippen molar-refractivity contribution in [2.24, 2.45) is 0 Å². The lowest BCUT2D eigenvalue weighted by Gasteiger charge is -2.26. The van der Waals surface area contributed by atoms with E-state index in [0.29, 0.717) is 23.3 Å². The molecule has 0 radical (unpaired) electrons. The fourth-order valence-electron chi connectivity index (χ4n) is 4.35. The molecule has 1 atom stereocenters. The predicted octanol–water partition coefficient (Wildman–Crippen LogP) is 6.16. The molecule has 11 heteroatoms. The first-order valence-electron chi connectivity index (χ1n) is 11.9. The minimum Gasteiger partial charge on any atom is -0.461 e. The molecule has 0 saturated carbocycles. The van der Waals surface area contributed by atoms with Crippen LogP contribution in [0.1, 0.15) is 40.2 Å². The molecule has 40 heavy (non-hydrogen) atoms. The van der Waals surface area contributed by atoms with E-state index in [1.807, 2.05) is 0 Å². The summed E-state index contributed by atoms with van der Waals surface area (Å²) >= 11 is 0. The Morgan fingerprint density at radius 3 is 1.85 bits per heavy atom. The van der Waals surface area contributed by atoms with Crippen molar-refractivity contribution < 1.29 is 50.5 Å². The maximum Gasteiger partial charge on any atom is 0.416 e. The maximum absolute atomic E-state index is 13.2. The van der Waals surface area contributed by atoms with Crippen LogP contribution in [0, 0.1) is 0 Å². The summed E-state index contributed by atoms with van der Waals surface area (Å²) in [7, 11) is 0. The zero-order valence-electron chi connectivity index (χ0n) is 20.6. The molecular formula is C29H22F6O5. The van der Waals surface area contributed by atoms with Gasteiger partial charge in [-0.25, -0.2) is 4.79 Å². The van der Waals surface area contributed by atoms with Crippen LogP contribution >= 0.6 is 0 Å². The molecule has 3 aromatic carbocycles. The third-order valence-electron chi connectivity index (χ3n) is 6.30. The highest BCUT2D eigenvalue weighted by Gasteiger charge is 2.45. The molecule has 0 bridgehead atoms. The van der Waals surface area contributed by atoms with Crippen molar-refractivity contribution >= 4 is 18.0 Å². The number of carbonyl (C=O) groups is 2. The van der Waals surface area contributed by atoms with E-state index in [-0.39, 0.29) is 11.6 Å². The molecule has 0 spiro atoms. The van der Waals surface area contributed by atoms with Gasteiger partial charge in [0.15, 0.2) is 5.60 Å². The van der Waals surface area contributed by atoms with E-state index < -0.39 is 72.1 Å². The quantitative estimate of drug-likeness (QED) is 0.212. The van der Waals surface area contributed by atoms with Gasteiger partial charge in [0.1, 0.15) is 12.5 Å². The van der Waals surface area contributed by atoms with E-state index >= 15 is 0 Å². The van der Waals surface area contributed by atoms with Crippen molar-refractivity contribution in [1.82, 2.24) is 0 Å². The van der Waals surface area contributed by atoms with Crippen LogP contribution in [0.25, 0.3) is 6.08 Å². The average molecular weight is 564 g/mol. The van der Waals surface area contributed by atoms with E-state index in [1.165, 1.54) is 0 Å². The highest BCUT2D eigenvalue weighted by Crippen LogP contribution is 2.38. The molecule has 1 aliphatic heterocycles. The zero-order valence-corrected chi connectivity index (χ0v) is 20.6. The van der Waals surface area contributed by atoms with E-state index in [0.717, 1.165) is 6.08 Å². The van der Waals surface area contributed by atoms with E-state index in [1.54, 1.807) is 60.7 Å². The van der Waals surface area contributed by atoms with Crippen LogP contribution in [-0.4, -0.2) is 35.9 Å². The maximum atomic E-state index is 13.2. The number of aliphatic hydroxyl groups excluding tert-OH is 1. The Hall–Kier alpha value is -4.12. The van der Waals surface area contributed by atoms with Gasteiger partial charge in [-0.15, -0.1) is 0 Å². The van der Waals surface area contributed by atoms with Gasteiger partial charge in [0.2, 0.25) is 0 Å². The number of hydrogen-bond donors (Lipinski definition) is 1. The molecule has 1 aliphatic rings. The summed E-state index contributed by atoms with van der Waals surface area (Å²) < 4.78 is 90.1. The van der Waals surface area contributed by atoms with Crippen molar-refractivity contribution in [3.63, 3.8) is 0 Å². The fourth-order valence-corrected chi connectivity index (χ4v) is 4.35. The Morgan fingerprint density at radius 1 is 0.900 bits per heavy atom. The highest BCUT2D eigenvalue weighted by atomic mass is 19.4. The fraction of sp³-hybridized carbons (Fsp3) is 0.241. The normalized spacial score (nSPS) is 18.7. The number of cyclic esters (lactones) is 1. The smallest absolute Gasteiger partial charge is 0.416 e. The summed E-state index contributed by atoms with van der Waals surface area (Å²) in [5.74, 6) is -2.64. The van der Waals surface area contributed by atoms with E-state index in [4.69, 9.17) is 9.47 Å². The third-order valence-corrected chi connectivity index (χ3v) is 6.30. The van der Waals surface area contributed by atoms with Crippen molar-refractivity contribution in [2.45, 2.75) is 30.3 Å². The van der Waals surface area contributed by atoms with Gasteiger partial charge in [-0.2, -0.15) is 26.3 Å². The minimum atomic E-state index is -5.07. The first-order valence-corrected chi connectivity index (χ1v) is 11.9. The molecule has 0 amide bonds. The molecule has 4 rings (SSSR count). The number of halogens is 6. The Balaban J connectivity index is 1.58. The van der Waals surface area contributed by atoms with Crippen molar-refractivity contribution in [2.75, 3.05) is 13.2 Å². The lowest BCUT2D eigenvalue weighted by atomic mass is 9.91. The molecule has 1 unspecified atom stereocenters. The van der Waals surface area contributed by atoms with Crippen LogP contribution < -0.4 is 0 Å². The summed E-state index contributed by atoms with van der Waals surface area (Å²) in [5.41, 5.74) is -4.46. The SMILES string of the molecule is O=C1OC(CO)(COC(=O)C(c2ccccc2)c2ccccc2)C/C1=C/c1cc(C(F)(F)F)cc(C(F)(F)F)c1. The Labute approximate surface area is 224 Å². The number of ether oxygens (including phenoxy) is 2. The average Bonchev–Trinajstić information content (AvgIpc) is 3.23. The summed E-state index contributed by atoms with van der Waals surface area (Å²) in [4.78, 5) is 25.8. The lowest BCUT2D eigenvalue weighted by Crippen LogP contribution is -2.40. The van der Waals surface area contributed by atoms with Gasteiger partial charge in [0.25, 0.3) is 0 Å². The van der Waals surface area contributed by atoms with Crippen LogP contribution in [0.5, 0.6) is 0 Å². The molecule has 1 heterocycles. The molecule has 1 fully saturated rings. The van der Waals surface area contributed by atoms with Gasteiger partial charge in [-0.3, -0.25) is 4.79 Å². The van der Waals surface area contributed by atoms with Gasteiger partial charge < -0.3 is 14.6 Å². The van der Waals surface area contributed by atoms with Crippen LogP contribution in [0.4, 0.5) is 26.3 Å². The lowest BCUT2D eigenvalue weighted by molar-refractivity contribution is -0.166. The summed E-state index contributed by atoms with van der Waals surface area (Å²) in [6, 6.07) is 18.3. The largest absolute Gasteiger partial charge is 0.461 e. The van der Waals surface area contributed by atoms with Gasteiger partial charge in [0, 0.05) is 12.0 Å². The van der Waals surface area contributed by atoms with E-state index in [9.17, 15) is 41.0 Å². The zero-order chi connectivity index (χ0) is 29.1. The second-order valence-electron chi connectivity index (χ2n) is 9.28. The first kappa shape index (κ1) is 28.9. The number of hydrogen-bond acceptors (Lipinski definition) is 5. The Bertz CT molecular complexity index is 1330. The molecule has 0 aliphatic carbocycles. The number of aliphatic hydroxyl groups is 1. The van der Waals surface area contributed by atoms with E-state index in [2.05, 4.69) is 0 Å². The second-order valence-corrected chi connectivity index (χ2v) is 9.28. The summed E-state index contributed by atoms with van der Waals surface area (Å²) in [5, 5.41) is 10.0. The number of esters is 2. The van der Waals surface area contributed by atoms with Crippen LogP contribution in [0.15, 0.2) is 84.4 Å². The predicted molar refractivity (Wildman–Crippen MR) is 131 cm³/mol. The van der Waals surface area contributed by atoms with Crippen molar-refractivity contribution in [3.05, 3.63) is 112 Å². The van der Waals surface area contributed by atoms with Gasteiger partial charge in [-0.1, -0.05) is 60.7 Å². The summed E-state index contributed by atoms with van der Waals surface area (Å²) in [6.07, 6.45) is -9.72. The number of alkyl halides is 6. The van der Waals surface area contributed by atoms with Gasteiger partial charge >= 0.3 is 24.3 Å². The topological polar surface area (TPSA) is 72.8 Å². The standard InChI is InChI=1S/C29H22F6O5/c30-28(31,32)22-12-18(13-23(14-22)29(33,34)35)11-21-15-27(16-36,40-25(21)37)17-39-26(38)24(19-7-3-1-4-8-19)20-9-5-2-6-10-20/h1-14,24,36H,15-17H2/b21-11-. The van der Waals surface area contributed by atoms with Crippen molar-refractivity contribution in [3.8, 4) is 0 Å². The van der Waals surface area contributed by atoms with Crippen LogP contribution in [-0.2, 0) is 31.4 Å². The van der Waals surface area contributed by atoms with Crippen molar-refractivity contribution in [1.29, 1.82) is 0 Å². The molecule has 1 saturated heterocycles. The van der Waals surface area contributed by atoms with Crippen LogP contribution in [0.3, 0.4) is 0 Å². The monoisotopic (exact) mass is 564 g/mol. The Kier molecular flexibility index (Phi) is 8.06. The number of rotatable bonds is 7. The second kappa shape index (κ2) is 11.2. The van der Waals surface area contributed by atoms with Gasteiger partial charge in [0.05, 0.1) is 17.7 Å². The molecular weight excluding hydrogens is 542 g/mol. The molecule has 3 aromatic rings.